The van der Waals surface area contributed by atoms with Crippen LogP contribution in [-0.4, -0.2) is 78.8 Å². The van der Waals surface area contributed by atoms with Gasteiger partial charge in [0.2, 0.25) is 5.95 Å². The number of amides is 1. The summed E-state index contributed by atoms with van der Waals surface area (Å²) in [5, 5.41) is 6.39. The summed E-state index contributed by atoms with van der Waals surface area (Å²) >= 11 is 0. The molecule has 0 radical (unpaired) electrons. The number of para-hydroxylation sites is 1. The number of piperazine rings is 1. The number of rotatable bonds is 6. The number of carbonyl (C=O) groups excluding carboxylic acids is 1. The van der Waals surface area contributed by atoms with Crippen molar-refractivity contribution >= 4 is 42.3 Å². The lowest BCUT2D eigenvalue weighted by molar-refractivity contribution is -0.137. The lowest BCUT2D eigenvalue weighted by atomic mass is 10.0. The molecule has 13 heteroatoms. The molecule has 0 saturated carbocycles. The Morgan fingerprint density at radius 2 is 1.82 bits per heavy atom. The van der Waals surface area contributed by atoms with Gasteiger partial charge in [-0.15, -0.1) is 0 Å². The normalized spacial score (nSPS) is 15.7. The van der Waals surface area contributed by atoms with Crippen LogP contribution in [0.4, 0.5) is 40.7 Å². The van der Waals surface area contributed by atoms with Gasteiger partial charge in [0.15, 0.2) is 5.82 Å². The first-order chi connectivity index (χ1) is 19.0. The van der Waals surface area contributed by atoms with Gasteiger partial charge in [-0.05, 0) is 37.8 Å². The van der Waals surface area contributed by atoms with Gasteiger partial charge in [0.1, 0.15) is 22.8 Å². The molecule has 0 spiro atoms. The standard InChI is InChI=1S/C27H29F4N6O2P/c1-36-9-11-37(12-10-36)25(38)17-14-19(28)22(23-16(17)8-13-39-23)34-26-32-15-18(27(29,30)31)24(35-26)33-20-6-4-5-7-21(20)40(2)3/h4-7,14-15H,8-13H2,1-3H3,(H2,32,33,34,35). The number of carbonyl (C=O) groups is 1. The van der Waals surface area contributed by atoms with Crippen LogP contribution in [0.1, 0.15) is 21.5 Å². The zero-order valence-electron chi connectivity index (χ0n) is 22.3. The van der Waals surface area contributed by atoms with E-state index in [1.807, 2.05) is 32.5 Å². The van der Waals surface area contributed by atoms with E-state index in [2.05, 4.69) is 25.5 Å². The number of anilines is 4. The number of hydrogen-bond donors (Lipinski definition) is 2. The summed E-state index contributed by atoms with van der Waals surface area (Å²) in [4.78, 5) is 25.0. The first-order valence-corrected chi connectivity index (χ1v) is 15.0. The zero-order valence-corrected chi connectivity index (χ0v) is 23.2. The third kappa shape index (κ3) is 5.69. The summed E-state index contributed by atoms with van der Waals surface area (Å²) in [6.45, 7) is 6.73. The summed E-state index contributed by atoms with van der Waals surface area (Å²) in [7, 11) is 1.35. The molecular weight excluding hydrogens is 547 g/mol. The number of hydrogen-bond acceptors (Lipinski definition) is 7. The van der Waals surface area contributed by atoms with Gasteiger partial charge in [0.25, 0.3) is 5.91 Å². The quantitative estimate of drug-likeness (QED) is 0.322. The van der Waals surface area contributed by atoms with E-state index < -0.39 is 31.3 Å². The van der Waals surface area contributed by atoms with E-state index in [1.54, 1.807) is 17.0 Å². The third-order valence-corrected chi connectivity index (χ3v) is 8.28. The summed E-state index contributed by atoms with van der Waals surface area (Å²) in [6, 6.07) is 8.23. The Hall–Kier alpha value is -3.50. The Kier molecular flexibility index (Phi) is 7.83. The fraction of sp³-hybridized carbons (Fsp3) is 0.370. The number of likely N-dealkylation sites (N-methyl/N-ethyl adjacent to an activating group) is 1. The van der Waals surface area contributed by atoms with Crippen LogP contribution in [0, 0.1) is 5.82 Å². The summed E-state index contributed by atoms with van der Waals surface area (Å²) < 4.78 is 62.7. The van der Waals surface area contributed by atoms with Gasteiger partial charge >= 0.3 is 6.18 Å². The molecule has 2 aliphatic heterocycles. The molecule has 0 unspecified atom stereocenters. The van der Waals surface area contributed by atoms with Crippen LogP contribution < -0.4 is 20.7 Å². The zero-order chi connectivity index (χ0) is 28.6. The van der Waals surface area contributed by atoms with Crippen molar-refractivity contribution in [2.45, 2.75) is 12.6 Å². The van der Waals surface area contributed by atoms with Gasteiger partial charge in [0.05, 0.1) is 6.61 Å². The minimum atomic E-state index is -4.72. The van der Waals surface area contributed by atoms with Crippen molar-refractivity contribution in [3.05, 3.63) is 59.0 Å². The molecule has 0 aliphatic carbocycles. The monoisotopic (exact) mass is 576 g/mol. The molecule has 0 atom stereocenters. The Morgan fingerprint density at radius 3 is 2.52 bits per heavy atom. The van der Waals surface area contributed by atoms with Crippen molar-refractivity contribution in [3.63, 3.8) is 0 Å². The number of halogens is 4. The highest BCUT2D eigenvalue weighted by Gasteiger charge is 2.36. The SMILES string of the molecule is CN1CCN(C(=O)c2cc(F)c(Nc3ncc(C(F)(F)F)c(Nc4ccccc4P(C)C)n3)c3c2CCO3)CC1. The predicted octanol–water partition coefficient (Wildman–Crippen LogP) is 4.81. The molecule has 3 heterocycles. The predicted molar refractivity (Wildman–Crippen MR) is 147 cm³/mol. The van der Waals surface area contributed by atoms with E-state index in [9.17, 15) is 18.0 Å². The van der Waals surface area contributed by atoms with E-state index in [0.717, 1.165) is 24.5 Å². The number of ether oxygens (including phenoxy) is 1. The van der Waals surface area contributed by atoms with Crippen molar-refractivity contribution in [3.8, 4) is 5.75 Å². The molecule has 1 saturated heterocycles. The van der Waals surface area contributed by atoms with Gasteiger partial charge in [-0.1, -0.05) is 26.1 Å². The Bertz CT molecular complexity index is 1430. The highest BCUT2D eigenvalue weighted by Crippen LogP contribution is 2.41. The molecule has 212 valence electrons. The lowest BCUT2D eigenvalue weighted by Crippen LogP contribution is -2.47. The number of fused-ring (bicyclic) bond motifs is 1. The number of benzene rings is 2. The highest BCUT2D eigenvalue weighted by atomic mass is 31.1. The number of nitrogens with one attached hydrogen (secondary N) is 2. The second-order valence-electron chi connectivity index (χ2n) is 9.90. The maximum Gasteiger partial charge on any atom is 0.421 e. The topological polar surface area (TPSA) is 82.6 Å². The van der Waals surface area contributed by atoms with Crippen LogP contribution in [0.15, 0.2) is 36.5 Å². The van der Waals surface area contributed by atoms with E-state index in [4.69, 9.17) is 4.74 Å². The second-order valence-corrected chi connectivity index (χ2v) is 12.2. The van der Waals surface area contributed by atoms with Crippen molar-refractivity contribution in [1.29, 1.82) is 0 Å². The molecule has 8 nitrogen and oxygen atoms in total. The first-order valence-electron chi connectivity index (χ1n) is 12.7. The maximum absolute atomic E-state index is 15.5. The van der Waals surface area contributed by atoms with Gasteiger partial charge < -0.3 is 25.2 Å². The smallest absolute Gasteiger partial charge is 0.421 e. The van der Waals surface area contributed by atoms with Crippen molar-refractivity contribution in [2.24, 2.45) is 0 Å². The fourth-order valence-corrected chi connectivity index (χ4v) is 5.77. The molecule has 2 N–H and O–H groups in total. The Balaban J connectivity index is 1.49. The maximum atomic E-state index is 15.5. The van der Waals surface area contributed by atoms with Gasteiger partial charge in [0, 0.05) is 55.6 Å². The van der Waals surface area contributed by atoms with E-state index in [1.165, 1.54) is 0 Å². The van der Waals surface area contributed by atoms with Crippen LogP contribution in [0.3, 0.4) is 0 Å². The van der Waals surface area contributed by atoms with Crippen LogP contribution in [0.2, 0.25) is 0 Å². The van der Waals surface area contributed by atoms with Gasteiger partial charge in [-0.2, -0.15) is 18.2 Å². The van der Waals surface area contributed by atoms with E-state index in [-0.39, 0.29) is 35.5 Å². The Labute approximate surface area is 230 Å². The number of nitrogens with zero attached hydrogens (tertiary/aromatic N) is 4. The van der Waals surface area contributed by atoms with Crippen molar-refractivity contribution in [1.82, 2.24) is 19.8 Å². The minimum Gasteiger partial charge on any atom is -0.491 e. The molecule has 1 fully saturated rings. The summed E-state index contributed by atoms with van der Waals surface area (Å²) in [5.74, 6) is -1.64. The Morgan fingerprint density at radius 1 is 1.10 bits per heavy atom. The molecule has 3 aromatic rings. The minimum absolute atomic E-state index is 0.126. The fourth-order valence-electron chi connectivity index (χ4n) is 4.77. The molecule has 40 heavy (non-hydrogen) atoms. The van der Waals surface area contributed by atoms with Crippen LogP contribution in [0.25, 0.3) is 0 Å². The van der Waals surface area contributed by atoms with Crippen LogP contribution >= 0.6 is 7.92 Å². The molecular formula is C27H29F4N6O2P. The largest absolute Gasteiger partial charge is 0.491 e. The lowest BCUT2D eigenvalue weighted by Gasteiger charge is -2.32. The molecule has 5 rings (SSSR count). The molecule has 0 bridgehead atoms. The molecule has 1 amide bonds. The summed E-state index contributed by atoms with van der Waals surface area (Å²) in [6.07, 6.45) is -3.67. The molecule has 2 aliphatic rings. The molecule has 2 aromatic carbocycles. The number of aromatic nitrogens is 2. The average molecular weight is 577 g/mol. The summed E-state index contributed by atoms with van der Waals surface area (Å²) in [5.41, 5.74) is 0.0869. The second kappa shape index (κ2) is 11.2. The first kappa shape index (κ1) is 28.0. The molecule has 1 aromatic heterocycles. The van der Waals surface area contributed by atoms with E-state index >= 15 is 4.39 Å². The number of alkyl halides is 3. The van der Waals surface area contributed by atoms with Gasteiger partial charge in [-0.25, -0.2) is 9.37 Å². The van der Waals surface area contributed by atoms with Crippen LogP contribution in [0.5, 0.6) is 5.75 Å². The van der Waals surface area contributed by atoms with Gasteiger partial charge in [-0.3, -0.25) is 4.79 Å². The average Bonchev–Trinajstić information content (AvgIpc) is 3.40. The highest BCUT2D eigenvalue weighted by molar-refractivity contribution is 7.64. The van der Waals surface area contributed by atoms with Crippen molar-refractivity contribution < 1.29 is 27.1 Å². The van der Waals surface area contributed by atoms with E-state index in [0.29, 0.717) is 37.0 Å². The van der Waals surface area contributed by atoms with Crippen LogP contribution in [-0.2, 0) is 12.6 Å². The third-order valence-electron chi connectivity index (χ3n) is 6.93. The van der Waals surface area contributed by atoms with Crippen molar-refractivity contribution in [2.75, 3.05) is 63.8 Å².